The maximum Gasteiger partial charge on any atom is 0.309 e. The normalized spacial score (nSPS) is 10.7. The Kier molecular flexibility index (Phi) is 5.45. The minimum absolute atomic E-state index is 0.0278. The zero-order valence-corrected chi connectivity index (χ0v) is 13.2. The second kappa shape index (κ2) is 7.52. The van der Waals surface area contributed by atoms with E-state index in [4.69, 9.17) is 0 Å². The van der Waals surface area contributed by atoms with Crippen molar-refractivity contribution in [3.63, 3.8) is 0 Å². The molecule has 2 rings (SSSR count). The van der Waals surface area contributed by atoms with Crippen LogP contribution in [0.25, 0.3) is 0 Å². The third-order valence-corrected chi connectivity index (χ3v) is 3.33. The Morgan fingerprint density at radius 3 is 2.70 bits per heavy atom. The summed E-state index contributed by atoms with van der Waals surface area (Å²) in [5.41, 5.74) is 1.43. The Hall–Kier alpha value is -2.71. The summed E-state index contributed by atoms with van der Waals surface area (Å²) in [4.78, 5) is 22.0. The molecule has 0 spiro atoms. The fraction of sp³-hybridized carbons (Fsp3) is 0.500. The third kappa shape index (κ3) is 4.90. The zero-order chi connectivity index (χ0) is 16.8. The van der Waals surface area contributed by atoms with Crippen molar-refractivity contribution in [2.75, 3.05) is 6.54 Å². The van der Waals surface area contributed by atoms with Crippen LogP contribution < -0.4 is 5.32 Å². The molecule has 2 aromatic rings. The molecule has 0 saturated carbocycles. The molecule has 0 aliphatic heterocycles. The summed E-state index contributed by atoms with van der Waals surface area (Å²) in [7, 11) is 0. The van der Waals surface area contributed by atoms with E-state index in [-0.39, 0.29) is 18.0 Å². The predicted molar refractivity (Wildman–Crippen MR) is 82.8 cm³/mol. The average molecular weight is 320 g/mol. The van der Waals surface area contributed by atoms with Gasteiger partial charge in [-0.3, -0.25) is 24.3 Å². The first-order valence-corrected chi connectivity index (χ1v) is 7.40. The van der Waals surface area contributed by atoms with Crippen LogP contribution in [0.15, 0.2) is 18.6 Å². The van der Waals surface area contributed by atoms with Gasteiger partial charge in [-0.25, -0.2) is 0 Å². The van der Waals surface area contributed by atoms with Gasteiger partial charge in [0.25, 0.3) is 0 Å². The van der Waals surface area contributed by atoms with Gasteiger partial charge < -0.3 is 5.32 Å². The Bertz CT molecular complexity index is 690. The summed E-state index contributed by atoms with van der Waals surface area (Å²) in [5.74, 6) is -0.0996. The number of rotatable bonds is 8. The van der Waals surface area contributed by atoms with E-state index >= 15 is 0 Å². The summed E-state index contributed by atoms with van der Waals surface area (Å²) in [6, 6.07) is 0. The number of nitro groups is 1. The lowest BCUT2D eigenvalue weighted by Crippen LogP contribution is -2.26. The number of nitrogens with one attached hydrogen (secondary N) is 1. The Balaban J connectivity index is 1.67. The standard InChI is InChI=1S/C14H20N6O3/c1-11-8-16-18(9-11)6-3-5-15-14(21)4-7-19-10-13(20(22)23)12(2)17-19/h8-10H,3-7H2,1-2H3,(H,15,21). The van der Waals surface area contributed by atoms with Crippen LogP contribution in [0.4, 0.5) is 5.69 Å². The molecule has 1 amide bonds. The molecule has 23 heavy (non-hydrogen) atoms. The lowest BCUT2D eigenvalue weighted by atomic mass is 10.3. The van der Waals surface area contributed by atoms with Gasteiger partial charge in [0, 0.05) is 32.3 Å². The highest BCUT2D eigenvalue weighted by Crippen LogP contribution is 2.14. The molecule has 0 aliphatic carbocycles. The Labute approximate surface area is 133 Å². The molecule has 0 aliphatic rings. The van der Waals surface area contributed by atoms with Crippen molar-refractivity contribution in [3.8, 4) is 0 Å². The molecule has 0 aromatic carbocycles. The van der Waals surface area contributed by atoms with Crippen LogP contribution >= 0.6 is 0 Å². The lowest BCUT2D eigenvalue weighted by molar-refractivity contribution is -0.385. The molecule has 0 fully saturated rings. The number of hydrogen-bond acceptors (Lipinski definition) is 5. The fourth-order valence-corrected chi connectivity index (χ4v) is 2.16. The van der Waals surface area contributed by atoms with E-state index in [1.54, 1.807) is 13.1 Å². The largest absolute Gasteiger partial charge is 0.356 e. The van der Waals surface area contributed by atoms with Gasteiger partial charge in [-0.1, -0.05) is 0 Å². The molecule has 0 bridgehead atoms. The molecule has 1 N–H and O–H groups in total. The molecular formula is C14H20N6O3. The SMILES string of the molecule is Cc1cnn(CCCNC(=O)CCn2cc([N+](=O)[O-])c(C)n2)c1. The molecule has 124 valence electrons. The minimum atomic E-state index is -0.476. The number of amides is 1. The van der Waals surface area contributed by atoms with Crippen molar-refractivity contribution in [1.82, 2.24) is 24.9 Å². The molecule has 9 heteroatoms. The summed E-state index contributed by atoms with van der Waals surface area (Å²) >= 11 is 0. The summed E-state index contributed by atoms with van der Waals surface area (Å²) < 4.78 is 3.27. The Morgan fingerprint density at radius 1 is 1.30 bits per heavy atom. The van der Waals surface area contributed by atoms with E-state index in [0.717, 1.165) is 18.5 Å². The monoisotopic (exact) mass is 320 g/mol. The van der Waals surface area contributed by atoms with Crippen molar-refractivity contribution >= 4 is 11.6 Å². The number of carbonyl (C=O) groups is 1. The minimum Gasteiger partial charge on any atom is -0.356 e. The van der Waals surface area contributed by atoms with Crippen LogP contribution in [0, 0.1) is 24.0 Å². The highest BCUT2D eigenvalue weighted by molar-refractivity contribution is 5.75. The van der Waals surface area contributed by atoms with Crippen molar-refractivity contribution in [2.45, 2.75) is 39.8 Å². The number of carbonyl (C=O) groups excluding carboxylic acids is 1. The van der Waals surface area contributed by atoms with E-state index in [0.29, 0.717) is 18.8 Å². The van der Waals surface area contributed by atoms with E-state index < -0.39 is 4.92 Å². The summed E-state index contributed by atoms with van der Waals surface area (Å²) in [5, 5.41) is 21.7. The topological polar surface area (TPSA) is 108 Å². The van der Waals surface area contributed by atoms with Crippen molar-refractivity contribution in [1.29, 1.82) is 0 Å². The molecule has 0 unspecified atom stereocenters. The number of aryl methyl sites for hydroxylation is 4. The number of nitrogens with zero attached hydrogens (tertiary/aromatic N) is 5. The second-order valence-corrected chi connectivity index (χ2v) is 5.35. The molecule has 2 heterocycles. The van der Waals surface area contributed by atoms with Crippen LogP contribution in [-0.2, 0) is 17.9 Å². The van der Waals surface area contributed by atoms with Crippen LogP contribution in [0.5, 0.6) is 0 Å². The lowest BCUT2D eigenvalue weighted by Gasteiger charge is -2.05. The Morgan fingerprint density at radius 2 is 2.09 bits per heavy atom. The van der Waals surface area contributed by atoms with E-state index in [1.807, 2.05) is 17.8 Å². The highest BCUT2D eigenvalue weighted by atomic mass is 16.6. The van der Waals surface area contributed by atoms with Crippen LogP contribution in [0.1, 0.15) is 24.1 Å². The predicted octanol–water partition coefficient (Wildman–Crippen LogP) is 1.20. The second-order valence-electron chi connectivity index (χ2n) is 5.35. The van der Waals surface area contributed by atoms with E-state index in [2.05, 4.69) is 15.5 Å². The maximum absolute atomic E-state index is 11.7. The van der Waals surface area contributed by atoms with Gasteiger partial charge in [0.15, 0.2) is 0 Å². The summed E-state index contributed by atoms with van der Waals surface area (Å²) in [6.07, 6.45) is 6.12. The van der Waals surface area contributed by atoms with Gasteiger partial charge in [-0.15, -0.1) is 0 Å². The van der Waals surface area contributed by atoms with Gasteiger partial charge in [0.2, 0.25) is 5.91 Å². The van der Waals surface area contributed by atoms with Gasteiger partial charge >= 0.3 is 5.69 Å². The van der Waals surface area contributed by atoms with E-state index in [9.17, 15) is 14.9 Å². The average Bonchev–Trinajstić information content (AvgIpc) is 3.07. The number of aromatic nitrogens is 4. The number of hydrogen-bond donors (Lipinski definition) is 1. The molecule has 2 aromatic heterocycles. The highest BCUT2D eigenvalue weighted by Gasteiger charge is 2.15. The molecule has 0 atom stereocenters. The van der Waals surface area contributed by atoms with Gasteiger partial charge in [-0.05, 0) is 25.8 Å². The smallest absolute Gasteiger partial charge is 0.309 e. The quantitative estimate of drug-likeness (QED) is 0.447. The van der Waals surface area contributed by atoms with E-state index in [1.165, 1.54) is 10.9 Å². The maximum atomic E-state index is 11.7. The first kappa shape index (κ1) is 16.7. The van der Waals surface area contributed by atoms with Crippen molar-refractivity contribution in [2.24, 2.45) is 0 Å². The van der Waals surface area contributed by atoms with Crippen LogP contribution in [0.3, 0.4) is 0 Å². The first-order valence-electron chi connectivity index (χ1n) is 7.40. The van der Waals surface area contributed by atoms with Crippen molar-refractivity contribution < 1.29 is 9.72 Å². The first-order chi connectivity index (χ1) is 11.0. The van der Waals surface area contributed by atoms with Crippen LogP contribution in [-0.4, -0.2) is 36.9 Å². The molecule has 0 saturated heterocycles. The van der Waals surface area contributed by atoms with Gasteiger partial charge in [0.05, 0.1) is 11.1 Å². The van der Waals surface area contributed by atoms with Crippen LogP contribution in [0.2, 0.25) is 0 Å². The van der Waals surface area contributed by atoms with Gasteiger partial charge in [-0.2, -0.15) is 10.2 Å². The zero-order valence-electron chi connectivity index (χ0n) is 13.2. The van der Waals surface area contributed by atoms with Crippen molar-refractivity contribution in [3.05, 3.63) is 40.0 Å². The molecule has 9 nitrogen and oxygen atoms in total. The molecule has 0 radical (unpaired) electrons. The molecular weight excluding hydrogens is 300 g/mol. The summed E-state index contributed by atoms with van der Waals surface area (Å²) in [6.45, 7) is 5.19. The van der Waals surface area contributed by atoms with Gasteiger partial charge in [0.1, 0.15) is 11.9 Å². The fourth-order valence-electron chi connectivity index (χ4n) is 2.16. The third-order valence-electron chi connectivity index (χ3n) is 3.33.